The van der Waals surface area contributed by atoms with Crippen molar-refractivity contribution in [2.24, 2.45) is 13.0 Å². The van der Waals surface area contributed by atoms with E-state index in [4.69, 9.17) is 21.3 Å². The molecule has 0 saturated carbocycles. The van der Waals surface area contributed by atoms with Crippen molar-refractivity contribution in [1.82, 2.24) is 19.7 Å². The second-order valence-electron chi connectivity index (χ2n) is 11.3. The van der Waals surface area contributed by atoms with Crippen LogP contribution in [0.15, 0.2) is 59.3 Å². The molecule has 1 aliphatic heterocycles. The highest BCUT2D eigenvalue weighted by Gasteiger charge is 2.42. The van der Waals surface area contributed by atoms with Crippen molar-refractivity contribution < 1.29 is 23.8 Å². The fourth-order valence-electron chi connectivity index (χ4n) is 6.36. The summed E-state index contributed by atoms with van der Waals surface area (Å²) in [4.78, 5) is 43.7. The molecule has 1 amide bonds. The molecule has 3 aromatic rings. The number of ether oxygens (including phenoxy) is 1. The molecule has 0 spiro atoms. The lowest BCUT2D eigenvalue weighted by Gasteiger charge is -2.41. The number of rotatable bonds is 7. The highest BCUT2D eigenvalue weighted by atomic mass is 35.5. The third-order valence-corrected chi connectivity index (χ3v) is 9.29. The minimum Gasteiger partial charge on any atom is -0.481 e. The van der Waals surface area contributed by atoms with E-state index in [1.54, 1.807) is 38.3 Å². The zero-order chi connectivity index (χ0) is 31.3. The van der Waals surface area contributed by atoms with Crippen LogP contribution in [0.3, 0.4) is 0 Å². The smallest absolute Gasteiger partial charge is 0.309 e. The molecule has 1 saturated heterocycles. The van der Waals surface area contributed by atoms with Crippen molar-refractivity contribution >= 4 is 34.7 Å². The van der Waals surface area contributed by atoms with Gasteiger partial charge in [-0.3, -0.25) is 19.3 Å². The number of carboxylic acids is 1. The monoisotopic (exact) mass is 619 g/mol. The first-order valence-corrected chi connectivity index (χ1v) is 14.7. The molecule has 2 aliphatic carbocycles. The number of amides is 1. The summed E-state index contributed by atoms with van der Waals surface area (Å²) in [5.74, 6) is -2.24. The molecule has 1 fully saturated rings. The summed E-state index contributed by atoms with van der Waals surface area (Å²) in [7, 11) is 3.02. The van der Waals surface area contributed by atoms with Crippen molar-refractivity contribution in [1.29, 1.82) is 0 Å². The molecule has 3 atom stereocenters. The van der Waals surface area contributed by atoms with Gasteiger partial charge in [0.2, 0.25) is 5.88 Å². The van der Waals surface area contributed by atoms with Crippen LogP contribution in [0.4, 0.5) is 10.1 Å². The summed E-state index contributed by atoms with van der Waals surface area (Å²) in [6.07, 6.45) is 6.07. The number of allylic oxidation sites excluding steroid dienone is 4. The summed E-state index contributed by atoms with van der Waals surface area (Å²) in [6.45, 7) is 2.74. The van der Waals surface area contributed by atoms with Gasteiger partial charge in [-0.15, -0.1) is 11.6 Å². The number of carbonyl (C=O) groups excluding carboxylic acids is 1. The number of aliphatic carboxylic acids is 1. The molecule has 2 N–H and O–H groups in total. The molecule has 0 bridgehead atoms. The van der Waals surface area contributed by atoms with Gasteiger partial charge in [0, 0.05) is 55.1 Å². The minimum absolute atomic E-state index is 0.0339. The SMILES string of the molecule is COc1nc(C2C=CC(F)=C(c3cccc(NC(=O)c4ccnn(C)c4=O)c3C)C2Cl)cc2c1[C@@H](N1CC(C(=O)O)C1)CC2. The van der Waals surface area contributed by atoms with Crippen LogP contribution in [-0.4, -0.2) is 62.2 Å². The van der Waals surface area contributed by atoms with E-state index in [2.05, 4.69) is 15.3 Å². The molecule has 2 unspecified atom stereocenters. The Labute approximate surface area is 257 Å². The first-order valence-electron chi connectivity index (χ1n) is 14.3. The van der Waals surface area contributed by atoms with E-state index in [1.807, 2.05) is 6.07 Å². The van der Waals surface area contributed by atoms with Crippen LogP contribution in [0.25, 0.3) is 5.57 Å². The number of hydrogen-bond acceptors (Lipinski definition) is 7. The average molecular weight is 620 g/mol. The van der Waals surface area contributed by atoms with Crippen molar-refractivity contribution in [2.45, 2.75) is 37.1 Å². The Kier molecular flexibility index (Phi) is 7.85. The number of carbonyl (C=O) groups is 2. The Bertz CT molecular complexity index is 1800. The number of halogens is 2. The molecule has 10 nitrogen and oxygen atoms in total. The lowest BCUT2D eigenvalue weighted by atomic mass is 9.84. The van der Waals surface area contributed by atoms with Crippen molar-refractivity contribution in [3.8, 4) is 5.88 Å². The number of fused-ring (bicyclic) bond motifs is 1. The average Bonchev–Trinajstić information content (AvgIpc) is 3.38. The van der Waals surface area contributed by atoms with Gasteiger partial charge in [-0.2, -0.15) is 5.10 Å². The standard InChI is InChI=1S/C32H31ClFN5O5/c1-16-19(5-4-6-23(16)36-29(40)21-11-12-35-38(2)31(21)41)27-22(34)9-8-20(28(27)33)24-13-17-7-10-25(26(17)30(37-24)44-3)39-14-18(15-39)32(42)43/h4-6,8-9,11-13,18,20,25,28H,7,10,14-15H2,1-3H3,(H,36,40)(H,42,43)/t20?,25-,28?/m0/s1. The van der Waals surface area contributed by atoms with E-state index in [9.17, 15) is 19.5 Å². The first kappa shape index (κ1) is 29.7. The number of pyridine rings is 1. The van der Waals surface area contributed by atoms with Crippen molar-refractivity contribution in [3.63, 3.8) is 0 Å². The molecular formula is C32H31ClFN5O5. The number of likely N-dealkylation sites (tertiary alicyclic amines) is 1. The van der Waals surface area contributed by atoms with Crippen molar-refractivity contribution in [3.05, 3.63) is 98.4 Å². The largest absolute Gasteiger partial charge is 0.481 e. The second-order valence-corrected chi connectivity index (χ2v) is 11.8. The zero-order valence-electron chi connectivity index (χ0n) is 24.4. The van der Waals surface area contributed by atoms with Gasteiger partial charge in [0.15, 0.2) is 0 Å². The molecule has 1 aromatic carbocycles. The number of nitrogens with zero attached hydrogens (tertiary/aromatic N) is 4. The predicted octanol–water partition coefficient (Wildman–Crippen LogP) is 4.39. The summed E-state index contributed by atoms with van der Waals surface area (Å²) in [5, 5.41) is 15.1. The molecular weight excluding hydrogens is 589 g/mol. The molecule has 3 heterocycles. The normalized spacial score (nSPS) is 21.6. The number of methoxy groups -OCH3 is 1. The number of aryl methyl sites for hydroxylation is 2. The minimum atomic E-state index is -0.823. The van der Waals surface area contributed by atoms with E-state index >= 15 is 4.39 Å². The predicted molar refractivity (Wildman–Crippen MR) is 163 cm³/mol. The highest BCUT2D eigenvalue weighted by Crippen LogP contribution is 2.47. The van der Waals surface area contributed by atoms with Gasteiger partial charge in [0.25, 0.3) is 11.5 Å². The van der Waals surface area contributed by atoms with Crippen LogP contribution in [0, 0.1) is 12.8 Å². The molecule has 44 heavy (non-hydrogen) atoms. The topological polar surface area (TPSA) is 127 Å². The Balaban J connectivity index is 1.28. The van der Waals surface area contributed by atoms with E-state index < -0.39 is 34.6 Å². The number of aromatic nitrogens is 3. The Hall–Kier alpha value is -4.35. The van der Waals surface area contributed by atoms with Crippen molar-refractivity contribution in [2.75, 3.05) is 25.5 Å². The van der Waals surface area contributed by atoms with Crippen LogP contribution >= 0.6 is 11.6 Å². The fraction of sp³-hybridized carbons (Fsp3) is 0.344. The van der Waals surface area contributed by atoms with E-state index in [1.165, 1.54) is 25.4 Å². The van der Waals surface area contributed by atoms with Gasteiger partial charge < -0.3 is 15.2 Å². The van der Waals surface area contributed by atoms with Gasteiger partial charge >= 0.3 is 5.97 Å². The molecule has 3 aliphatic rings. The Morgan fingerprint density at radius 3 is 2.73 bits per heavy atom. The van der Waals surface area contributed by atoms with Gasteiger partial charge in [-0.1, -0.05) is 18.2 Å². The van der Waals surface area contributed by atoms with Gasteiger partial charge in [0.1, 0.15) is 11.4 Å². The van der Waals surface area contributed by atoms with E-state index in [0.29, 0.717) is 41.5 Å². The number of anilines is 1. The molecule has 228 valence electrons. The summed E-state index contributed by atoms with van der Waals surface area (Å²) in [5.41, 5.74) is 3.88. The number of alkyl halides is 1. The van der Waals surface area contributed by atoms with Crippen LogP contribution in [0.2, 0.25) is 0 Å². The Morgan fingerprint density at radius 2 is 2.00 bits per heavy atom. The van der Waals surface area contributed by atoms with Gasteiger partial charge in [0.05, 0.1) is 24.1 Å². The number of benzene rings is 1. The van der Waals surface area contributed by atoms with Crippen LogP contribution < -0.4 is 15.6 Å². The third-order valence-electron chi connectivity index (χ3n) is 8.80. The summed E-state index contributed by atoms with van der Waals surface area (Å²) >= 11 is 7.05. The Morgan fingerprint density at radius 1 is 1.23 bits per heavy atom. The lowest BCUT2D eigenvalue weighted by Crippen LogP contribution is -2.51. The van der Waals surface area contributed by atoms with Crippen LogP contribution in [0.5, 0.6) is 5.88 Å². The number of hydrogen-bond donors (Lipinski definition) is 2. The van der Waals surface area contributed by atoms with Gasteiger partial charge in [-0.25, -0.2) is 14.1 Å². The fourth-order valence-corrected chi connectivity index (χ4v) is 6.80. The highest BCUT2D eigenvalue weighted by molar-refractivity contribution is 6.27. The third kappa shape index (κ3) is 5.09. The summed E-state index contributed by atoms with van der Waals surface area (Å²) < 4.78 is 22.3. The molecule has 6 rings (SSSR count). The number of carboxylic acid groups (broad SMARTS) is 1. The molecule has 0 radical (unpaired) electrons. The maximum atomic E-state index is 15.5. The quantitative estimate of drug-likeness (QED) is 0.373. The van der Waals surface area contributed by atoms with Gasteiger partial charge in [-0.05, 0) is 60.7 Å². The van der Waals surface area contributed by atoms with Crippen LogP contribution in [0.1, 0.15) is 56.7 Å². The summed E-state index contributed by atoms with van der Waals surface area (Å²) in [6, 6.07) is 8.50. The maximum Gasteiger partial charge on any atom is 0.309 e. The maximum absolute atomic E-state index is 15.5. The number of nitrogens with one attached hydrogen (secondary N) is 1. The first-order chi connectivity index (χ1) is 21.1. The van der Waals surface area contributed by atoms with E-state index in [0.717, 1.165) is 28.7 Å². The zero-order valence-corrected chi connectivity index (χ0v) is 25.1. The second kappa shape index (κ2) is 11.6. The molecule has 12 heteroatoms. The molecule has 2 aromatic heterocycles. The lowest BCUT2D eigenvalue weighted by molar-refractivity contribution is -0.148. The van der Waals surface area contributed by atoms with E-state index in [-0.39, 0.29) is 23.1 Å². The van der Waals surface area contributed by atoms with Crippen LogP contribution in [-0.2, 0) is 18.3 Å².